The van der Waals surface area contributed by atoms with Crippen molar-refractivity contribution < 1.29 is 4.79 Å². The van der Waals surface area contributed by atoms with Crippen molar-refractivity contribution in [1.82, 2.24) is 20.0 Å². The monoisotopic (exact) mass is 268 g/mol. The van der Waals surface area contributed by atoms with E-state index in [9.17, 15) is 4.79 Å². The number of hydrogen-bond acceptors (Lipinski definition) is 4. The SMILES string of the molecule is CN1CCN(C(=O)CNCC2CCCCN2C)CC1. The highest BCUT2D eigenvalue weighted by molar-refractivity contribution is 5.78. The number of hydrogen-bond donors (Lipinski definition) is 1. The third-order valence-corrected chi connectivity index (χ3v) is 4.43. The molecule has 2 saturated heterocycles. The van der Waals surface area contributed by atoms with Crippen molar-refractivity contribution in [2.45, 2.75) is 25.3 Å². The van der Waals surface area contributed by atoms with Gasteiger partial charge in [-0.05, 0) is 33.5 Å². The minimum Gasteiger partial charge on any atom is -0.339 e. The van der Waals surface area contributed by atoms with Gasteiger partial charge in [0.15, 0.2) is 0 Å². The van der Waals surface area contributed by atoms with Crippen LogP contribution in [0.15, 0.2) is 0 Å². The van der Waals surface area contributed by atoms with Gasteiger partial charge < -0.3 is 20.0 Å². The van der Waals surface area contributed by atoms with Gasteiger partial charge in [0, 0.05) is 38.8 Å². The molecule has 1 unspecified atom stereocenters. The molecule has 0 spiro atoms. The van der Waals surface area contributed by atoms with Crippen LogP contribution in [0.3, 0.4) is 0 Å². The Balaban J connectivity index is 1.63. The van der Waals surface area contributed by atoms with E-state index in [1.54, 1.807) is 0 Å². The molecule has 19 heavy (non-hydrogen) atoms. The summed E-state index contributed by atoms with van der Waals surface area (Å²) in [5, 5.41) is 3.35. The molecule has 0 saturated carbocycles. The van der Waals surface area contributed by atoms with Crippen LogP contribution in [0.2, 0.25) is 0 Å². The number of nitrogens with one attached hydrogen (secondary N) is 1. The number of rotatable bonds is 4. The molecule has 2 aliphatic rings. The highest BCUT2D eigenvalue weighted by Gasteiger charge is 2.21. The molecular formula is C14H28N4O. The molecular weight excluding hydrogens is 240 g/mol. The minimum atomic E-state index is 0.256. The smallest absolute Gasteiger partial charge is 0.236 e. The summed E-state index contributed by atoms with van der Waals surface area (Å²) in [6, 6.07) is 0.606. The van der Waals surface area contributed by atoms with Crippen molar-refractivity contribution in [3.05, 3.63) is 0 Å². The zero-order valence-corrected chi connectivity index (χ0v) is 12.4. The Morgan fingerprint density at radius 3 is 2.53 bits per heavy atom. The lowest BCUT2D eigenvalue weighted by Gasteiger charge is -2.34. The fraction of sp³-hybridized carbons (Fsp3) is 0.929. The van der Waals surface area contributed by atoms with Gasteiger partial charge in [0.2, 0.25) is 5.91 Å². The molecule has 2 heterocycles. The second kappa shape index (κ2) is 7.22. The summed E-state index contributed by atoms with van der Waals surface area (Å²) < 4.78 is 0. The molecule has 0 radical (unpaired) electrons. The number of amides is 1. The molecule has 1 N–H and O–H groups in total. The van der Waals surface area contributed by atoms with Gasteiger partial charge in [0.05, 0.1) is 6.54 Å². The average molecular weight is 268 g/mol. The molecule has 2 rings (SSSR count). The van der Waals surface area contributed by atoms with Gasteiger partial charge in [-0.15, -0.1) is 0 Å². The molecule has 0 aromatic heterocycles. The van der Waals surface area contributed by atoms with Crippen LogP contribution in [0, 0.1) is 0 Å². The molecule has 5 heteroatoms. The van der Waals surface area contributed by atoms with Gasteiger partial charge in [-0.2, -0.15) is 0 Å². The van der Waals surface area contributed by atoms with Gasteiger partial charge in [-0.3, -0.25) is 4.79 Å². The first-order chi connectivity index (χ1) is 9.16. The van der Waals surface area contributed by atoms with E-state index in [0.717, 1.165) is 32.7 Å². The molecule has 0 bridgehead atoms. The van der Waals surface area contributed by atoms with Crippen molar-refractivity contribution >= 4 is 5.91 Å². The van der Waals surface area contributed by atoms with E-state index in [4.69, 9.17) is 0 Å². The summed E-state index contributed by atoms with van der Waals surface area (Å²) in [6.07, 6.45) is 3.89. The number of piperazine rings is 1. The first-order valence-corrected chi connectivity index (χ1v) is 7.54. The predicted molar refractivity (Wildman–Crippen MR) is 77.2 cm³/mol. The number of likely N-dealkylation sites (N-methyl/N-ethyl adjacent to an activating group) is 2. The zero-order chi connectivity index (χ0) is 13.7. The van der Waals surface area contributed by atoms with Gasteiger partial charge >= 0.3 is 0 Å². The first-order valence-electron chi connectivity index (χ1n) is 7.54. The number of carbonyl (C=O) groups is 1. The highest BCUT2D eigenvalue weighted by Crippen LogP contribution is 2.13. The Hall–Kier alpha value is -0.650. The lowest BCUT2D eigenvalue weighted by atomic mass is 10.0. The summed E-state index contributed by atoms with van der Waals surface area (Å²) in [7, 11) is 4.30. The molecule has 1 atom stereocenters. The van der Waals surface area contributed by atoms with Crippen LogP contribution in [0.5, 0.6) is 0 Å². The van der Waals surface area contributed by atoms with Gasteiger partial charge in [0.1, 0.15) is 0 Å². The lowest BCUT2D eigenvalue weighted by Crippen LogP contribution is -2.51. The van der Waals surface area contributed by atoms with E-state index in [1.807, 2.05) is 4.90 Å². The maximum Gasteiger partial charge on any atom is 0.236 e. The predicted octanol–water partition coefficient (Wildman–Crippen LogP) is -0.166. The van der Waals surface area contributed by atoms with Crippen molar-refractivity contribution in [3.8, 4) is 0 Å². The maximum atomic E-state index is 12.1. The van der Waals surface area contributed by atoms with E-state index in [1.165, 1.54) is 25.8 Å². The summed E-state index contributed by atoms with van der Waals surface area (Å²) in [4.78, 5) is 18.7. The van der Waals surface area contributed by atoms with E-state index in [2.05, 4.69) is 29.2 Å². The molecule has 2 fully saturated rings. The lowest BCUT2D eigenvalue weighted by molar-refractivity contribution is -0.131. The van der Waals surface area contributed by atoms with Crippen LogP contribution in [-0.2, 0) is 4.79 Å². The summed E-state index contributed by atoms with van der Waals surface area (Å²) in [6.45, 7) is 6.37. The van der Waals surface area contributed by atoms with Crippen LogP contribution in [0.25, 0.3) is 0 Å². The quantitative estimate of drug-likeness (QED) is 0.769. The van der Waals surface area contributed by atoms with Crippen molar-refractivity contribution in [2.24, 2.45) is 0 Å². The normalized spacial score (nSPS) is 26.6. The number of likely N-dealkylation sites (tertiary alicyclic amines) is 1. The third kappa shape index (κ3) is 4.44. The molecule has 0 aromatic rings. The summed E-state index contributed by atoms with van der Waals surface area (Å²) in [5.74, 6) is 0.256. The van der Waals surface area contributed by atoms with E-state index >= 15 is 0 Å². The van der Waals surface area contributed by atoms with E-state index < -0.39 is 0 Å². The molecule has 110 valence electrons. The Kier molecular flexibility index (Phi) is 5.60. The van der Waals surface area contributed by atoms with Gasteiger partial charge in [-0.1, -0.05) is 6.42 Å². The maximum absolute atomic E-state index is 12.1. The first kappa shape index (κ1) is 14.8. The van der Waals surface area contributed by atoms with Crippen molar-refractivity contribution in [3.63, 3.8) is 0 Å². The van der Waals surface area contributed by atoms with Crippen molar-refractivity contribution in [2.75, 3.05) is 59.9 Å². The fourth-order valence-electron chi connectivity index (χ4n) is 2.92. The Morgan fingerprint density at radius 1 is 1.11 bits per heavy atom. The van der Waals surface area contributed by atoms with Gasteiger partial charge in [0.25, 0.3) is 0 Å². The molecule has 0 aromatic carbocycles. The number of carbonyl (C=O) groups excluding carboxylic acids is 1. The second-order valence-electron chi connectivity index (χ2n) is 5.95. The molecule has 5 nitrogen and oxygen atoms in total. The zero-order valence-electron chi connectivity index (χ0n) is 12.4. The average Bonchev–Trinajstić information content (AvgIpc) is 2.41. The minimum absolute atomic E-state index is 0.256. The standard InChI is InChI=1S/C14H28N4O/c1-16-7-9-18(10-8-16)14(19)12-15-11-13-5-3-4-6-17(13)2/h13,15H,3-12H2,1-2H3. The molecule has 1 amide bonds. The summed E-state index contributed by atoms with van der Waals surface area (Å²) >= 11 is 0. The number of piperidine rings is 1. The van der Waals surface area contributed by atoms with Crippen LogP contribution in [0.4, 0.5) is 0 Å². The van der Waals surface area contributed by atoms with Crippen LogP contribution < -0.4 is 5.32 Å². The fourth-order valence-corrected chi connectivity index (χ4v) is 2.92. The van der Waals surface area contributed by atoms with Crippen LogP contribution >= 0.6 is 0 Å². The van der Waals surface area contributed by atoms with Crippen LogP contribution in [-0.4, -0.2) is 86.6 Å². The van der Waals surface area contributed by atoms with E-state index in [0.29, 0.717) is 12.6 Å². The largest absolute Gasteiger partial charge is 0.339 e. The molecule has 2 aliphatic heterocycles. The Morgan fingerprint density at radius 2 is 1.84 bits per heavy atom. The van der Waals surface area contributed by atoms with Crippen LogP contribution in [0.1, 0.15) is 19.3 Å². The topological polar surface area (TPSA) is 38.8 Å². The van der Waals surface area contributed by atoms with Gasteiger partial charge in [-0.25, -0.2) is 0 Å². The highest BCUT2D eigenvalue weighted by atomic mass is 16.2. The number of nitrogens with zero attached hydrogens (tertiary/aromatic N) is 3. The van der Waals surface area contributed by atoms with E-state index in [-0.39, 0.29) is 5.91 Å². The van der Waals surface area contributed by atoms with Crippen molar-refractivity contribution in [1.29, 1.82) is 0 Å². The Labute approximate surface area is 116 Å². The Bertz CT molecular complexity index is 289. The molecule has 0 aliphatic carbocycles. The third-order valence-electron chi connectivity index (χ3n) is 4.43. The second-order valence-corrected chi connectivity index (χ2v) is 5.95. The summed E-state index contributed by atoms with van der Waals surface area (Å²) in [5.41, 5.74) is 0.